The zero-order valence-electron chi connectivity index (χ0n) is 11.2. The highest BCUT2D eigenvalue weighted by Gasteiger charge is 2.20. The van der Waals surface area contributed by atoms with Crippen LogP contribution in [0.4, 0.5) is 17.6 Å². The minimum atomic E-state index is -1.15. The van der Waals surface area contributed by atoms with Crippen LogP contribution in [0.3, 0.4) is 0 Å². The zero-order valence-corrected chi connectivity index (χ0v) is 11.2. The van der Waals surface area contributed by atoms with Gasteiger partial charge in [0.25, 0.3) is 0 Å². The Morgan fingerprint density at radius 2 is 1.67 bits per heavy atom. The van der Waals surface area contributed by atoms with Gasteiger partial charge in [0.2, 0.25) is 0 Å². The van der Waals surface area contributed by atoms with Gasteiger partial charge in [-0.05, 0) is 18.1 Å². The average Bonchev–Trinajstić information content (AvgIpc) is 2.43. The minimum Gasteiger partial charge on any atom is -0.497 e. The molecule has 1 unspecified atom stereocenters. The van der Waals surface area contributed by atoms with E-state index >= 15 is 0 Å². The maximum Gasteiger partial charge on any atom is 0.162 e. The van der Waals surface area contributed by atoms with Crippen LogP contribution < -0.4 is 10.5 Å². The molecule has 112 valence electrons. The molecule has 0 heterocycles. The number of nitrogens with two attached hydrogens (primary N) is 1. The number of halogens is 4. The third-order valence-electron chi connectivity index (χ3n) is 3.13. The molecule has 0 aliphatic carbocycles. The first-order chi connectivity index (χ1) is 9.93. The maximum absolute atomic E-state index is 13.9. The Kier molecular flexibility index (Phi) is 4.47. The molecule has 0 saturated carbocycles. The largest absolute Gasteiger partial charge is 0.497 e. The van der Waals surface area contributed by atoms with E-state index in [9.17, 15) is 17.6 Å². The van der Waals surface area contributed by atoms with Crippen LogP contribution in [0, 0.1) is 23.3 Å². The van der Waals surface area contributed by atoms with Crippen LogP contribution in [0.5, 0.6) is 5.75 Å². The Bertz CT molecular complexity index is 637. The van der Waals surface area contributed by atoms with E-state index in [4.69, 9.17) is 10.5 Å². The Morgan fingerprint density at radius 1 is 1.05 bits per heavy atom. The molecule has 21 heavy (non-hydrogen) atoms. The third-order valence-corrected chi connectivity index (χ3v) is 3.13. The number of hydrogen-bond acceptors (Lipinski definition) is 2. The summed E-state index contributed by atoms with van der Waals surface area (Å²) in [5.41, 5.74) is 5.30. The summed E-state index contributed by atoms with van der Waals surface area (Å²) in [6.45, 7) is 0. The van der Waals surface area contributed by atoms with E-state index < -0.39 is 29.3 Å². The molecule has 0 aliphatic heterocycles. The highest BCUT2D eigenvalue weighted by molar-refractivity contribution is 5.33. The fourth-order valence-corrected chi connectivity index (χ4v) is 2.08. The molecule has 2 rings (SSSR count). The van der Waals surface area contributed by atoms with Crippen molar-refractivity contribution >= 4 is 0 Å². The van der Waals surface area contributed by atoms with Crippen molar-refractivity contribution in [2.24, 2.45) is 5.73 Å². The summed E-state index contributed by atoms with van der Waals surface area (Å²) in [5.74, 6) is -3.87. The SMILES string of the molecule is COc1cc(F)c(C(N)Cc2cccc(F)c2F)c(F)c1. The fourth-order valence-electron chi connectivity index (χ4n) is 2.08. The second-order valence-corrected chi connectivity index (χ2v) is 4.53. The monoisotopic (exact) mass is 299 g/mol. The number of benzene rings is 2. The van der Waals surface area contributed by atoms with Gasteiger partial charge in [-0.25, -0.2) is 17.6 Å². The molecule has 0 amide bonds. The first kappa shape index (κ1) is 15.3. The van der Waals surface area contributed by atoms with Crippen LogP contribution in [0.1, 0.15) is 17.2 Å². The predicted octanol–water partition coefficient (Wildman–Crippen LogP) is 3.49. The lowest BCUT2D eigenvalue weighted by molar-refractivity contribution is 0.403. The standard InChI is InChI=1S/C15H13F4NO/c1-21-9-6-11(17)14(12(18)7-9)13(20)5-8-3-2-4-10(16)15(8)19/h2-4,6-7,13H,5,20H2,1H3. The van der Waals surface area contributed by atoms with Crippen molar-refractivity contribution in [3.8, 4) is 5.75 Å². The van der Waals surface area contributed by atoms with E-state index in [1.807, 2.05) is 0 Å². The minimum absolute atomic E-state index is 0.0119. The molecule has 6 heteroatoms. The summed E-state index contributed by atoms with van der Waals surface area (Å²) < 4.78 is 59.1. The first-order valence-corrected chi connectivity index (χ1v) is 6.15. The van der Waals surface area contributed by atoms with Gasteiger partial charge in [0.05, 0.1) is 7.11 Å². The van der Waals surface area contributed by atoms with Crippen molar-refractivity contribution in [2.45, 2.75) is 12.5 Å². The normalized spacial score (nSPS) is 12.3. The van der Waals surface area contributed by atoms with E-state index in [0.29, 0.717) is 0 Å². The Balaban J connectivity index is 2.32. The molecule has 2 aromatic rings. The number of ether oxygens (including phenoxy) is 1. The van der Waals surface area contributed by atoms with Crippen molar-refractivity contribution in [1.29, 1.82) is 0 Å². The summed E-state index contributed by atoms with van der Waals surface area (Å²) in [6.07, 6.45) is -0.232. The molecule has 0 saturated heterocycles. The Labute approximate surface area is 119 Å². The lowest BCUT2D eigenvalue weighted by Crippen LogP contribution is -2.18. The molecule has 0 spiro atoms. The van der Waals surface area contributed by atoms with Crippen LogP contribution in [0.15, 0.2) is 30.3 Å². The molecule has 1 atom stereocenters. The molecule has 0 radical (unpaired) electrons. The molecular weight excluding hydrogens is 286 g/mol. The van der Waals surface area contributed by atoms with Gasteiger partial charge in [0, 0.05) is 23.7 Å². The molecule has 0 bridgehead atoms. The number of methoxy groups -OCH3 is 1. The van der Waals surface area contributed by atoms with Gasteiger partial charge in [0.1, 0.15) is 17.4 Å². The first-order valence-electron chi connectivity index (χ1n) is 6.15. The van der Waals surface area contributed by atoms with Crippen molar-refractivity contribution in [1.82, 2.24) is 0 Å². The van der Waals surface area contributed by atoms with Crippen molar-refractivity contribution < 1.29 is 22.3 Å². The highest BCUT2D eigenvalue weighted by atomic mass is 19.2. The topological polar surface area (TPSA) is 35.2 Å². The highest BCUT2D eigenvalue weighted by Crippen LogP contribution is 2.27. The summed E-state index contributed by atoms with van der Waals surface area (Å²) in [5, 5.41) is 0. The smallest absolute Gasteiger partial charge is 0.162 e. The Hall–Kier alpha value is -2.08. The van der Waals surface area contributed by atoms with Crippen molar-refractivity contribution in [3.63, 3.8) is 0 Å². The molecular formula is C15H13F4NO. The van der Waals surface area contributed by atoms with Gasteiger partial charge in [-0.1, -0.05) is 12.1 Å². The van der Waals surface area contributed by atoms with E-state index in [1.54, 1.807) is 0 Å². The lowest BCUT2D eigenvalue weighted by atomic mass is 9.98. The number of rotatable bonds is 4. The Morgan fingerprint density at radius 3 is 2.24 bits per heavy atom. The van der Waals surface area contributed by atoms with Gasteiger partial charge in [-0.3, -0.25) is 0 Å². The van der Waals surface area contributed by atoms with Gasteiger partial charge in [-0.2, -0.15) is 0 Å². The lowest BCUT2D eigenvalue weighted by Gasteiger charge is -2.15. The van der Waals surface area contributed by atoms with Gasteiger partial charge in [-0.15, -0.1) is 0 Å². The molecule has 2 N–H and O–H groups in total. The summed E-state index contributed by atoms with van der Waals surface area (Å²) in [6, 6.07) is 4.41. The van der Waals surface area contributed by atoms with E-state index in [1.165, 1.54) is 19.2 Å². The third kappa shape index (κ3) is 3.16. The zero-order chi connectivity index (χ0) is 15.6. The summed E-state index contributed by atoms with van der Waals surface area (Å²) >= 11 is 0. The summed E-state index contributed by atoms with van der Waals surface area (Å²) in [7, 11) is 1.27. The van der Waals surface area contributed by atoms with Crippen LogP contribution >= 0.6 is 0 Å². The molecule has 0 aromatic heterocycles. The fraction of sp³-hybridized carbons (Fsp3) is 0.200. The van der Waals surface area contributed by atoms with E-state index in [2.05, 4.69) is 0 Å². The van der Waals surface area contributed by atoms with E-state index in [-0.39, 0.29) is 23.3 Å². The van der Waals surface area contributed by atoms with Gasteiger partial charge >= 0.3 is 0 Å². The second kappa shape index (κ2) is 6.13. The van der Waals surface area contributed by atoms with Gasteiger partial charge in [0.15, 0.2) is 11.6 Å². The molecule has 2 nitrogen and oxygen atoms in total. The average molecular weight is 299 g/mol. The van der Waals surface area contributed by atoms with Crippen LogP contribution in [0.25, 0.3) is 0 Å². The quantitative estimate of drug-likeness (QED) is 0.877. The van der Waals surface area contributed by atoms with Crippen LogP contribution in [0.2, 0.25) is 0 Å². The van der Waals surface area contributed by atoms with Crippen molar-refractivity contribution in [3.05, 3.63) is 64.7 Å². The maximum atomic E-state index is 13.9. The number of hydrogen-bond donors (Lipinski definition) is 1. The van der Waals surface area contributed by atoms with Crippen LogP contribution in [-0.4, -0.2) is 7.11 Å². The molecule has 0 fully saturated rings. The second-order valence-electron chi connectivity index (χ2n) is 4.53. The predicted molar refractivity (Wildman–Crippen MR) is 69.9 cm³/mol. The molecule has 2 aromatic carbocycles. The summed E-state index contributed by atoms with van der Waals surface area (Å²) in [4.78, 5) is 0. The molecule has 0 aliphatic rings. The van der Waals surface area contributed by atoms with Gasteiger partial charge < -0.3 is 10.5 Å². The van der Waals surface area contributed by atoms with Crippen LogP contribution in [-0.2, 0) is 6.42 Å². The van der Waals surface area contributed by atoms with E-state index in [0.717, 1.165) is 18.2 Å². The van der Waals surface area contributed by atoms with Crippen molar-refractivity contribution in [2.75, 3.05) is 7.11 Å².